The molecule has 1 amide bonds. The molecular formula is C20H19ClN4O3. The summed E-state index contributed by atoms with van der Waals surface area (Å²) in [5.41, 5.74) is 5.31. The SMILES string of the molecule is COc1ccc(NN(C(=O)Oc2c(C)cccc2C)c2ccnc(Cl)n2)cc1. The Morgan fingerprint density at radius 3 is 2.36 bits per heavy atom. The molecule has 1 aromatic heterocycles. The smallest absolute Gasteiger partial charge is 0.440 e. The number of aromatic nitrogens is 2. The fraction of sp³-hybridized carbons (Fsp3) is 0.150. The zero-order valence-corrected chi connectivity index (χ0v) is 16.4. The number of para-hydroxylation sites is 1. The van der Waals surface area contributed by atoms with Gasteiger partial charge in [-0.15, -0.1) is 0 Å². The lowest BCUT2D eigenvalue weighted by atomic mass is 10.1. The summed E-state index contributed by atoms with van der Waals surface area (Å²) in [6, 6.07) is 14.3. The van der Waals surface area contributed by atoms with Crippen LogP contribution in [0.25, 0.3) is 0 Å². The molecule has 0 spiro atoms. The maximum absolute atomic E-state index is 13.0. The second kappa shape index (κ2) is 8.58. The van der Waals surface area contributed by atoms with Gasteiger partial charge in [-0.1, -0.05) is 18.2 Å². The molecule has 0 aliphatic carbocycles. The van der Waals surface area contributed by atoms with E-state index in [4.69, 9.17) is 21.1 Å². The highest BCUT2D eigenvalue weighted by molar-refractivity contribution is 6.28. The van der Waals surface area contributed by atoms with Crippen molar-refractivity contribution in [2.45, 2.75) is 13.8 Å². The van der Waals surface area contributed by atoms with Gasteiger partial charge in [0, 0.05) is 12.3 Å². The molecular weight excluding hydrogens is 380 g/mol. The van der Waals surface area contributed by atoms with Crippen molar-refractivity contribution in [3.8, 4) is 11.5 Å². The van der Waals surface area contributed by atoms with Gasteiger partial charge >= 0.3 is 6.09 Å². The number of hydrogen-bond donors (Lipinski definition) is 1. The molecule has 1 heterocycles. The molecule has 0 unspecified atom stereocenters. The Kier molecular flexibility index (Phi) is 5.96. The van der Waals surface area contributed by atoms with E-state index in [-0.39, 0.29) is 11.1 Å². The second-order valence-corrected chi connectivity index (χ2v) is 6.29. The van der Waals surface area contributed by atoms with Crippen molar-refractivity contribution in [1.82, 2.24) is 9.97 Å². The Bertz CT molecular complexity index is 959. The van der Waals surface area contributed by atoms with Gasteiger partial charge in [-0.05, 0) is 60.8 Å². The van der Waals surface area contributed by atoms with E-state index < -0.39 is 6.09 Å². The van der Waals surface area contributed by atoms with Crippen molar-refractivity contribution in [1.29, 1.82) is 0 Å². The number of aryl methyl sites for hydroxylation is 2. The Morgan fingerprint density at radius 2 is 1.75 bits per heavy atom. The zero-order chi connectivity index (χ0) is 20.1. The third kappa shape index (κ3) is 4.50. The molecule has 0 aliphatic heterocycles. The third-order valence-corrected chi connectivity index (χ3v) is 4.13. The van der Waals surface area contributed by atoms with Gasteiger partial charge in [-0.25, -0.2) is 9.78 Å². The van der Waals surface area contributed by atoms with E-state index in [0.717, 1.165) is 11.1 Å². The van der Waals surface area contributed by atoms with Crippen LogP contribution in [0.5, 0.6) is 11.5 Å². The van der Waals surface area contributed by atoms with Gasteiger partial charge in [0.25, 0.3) is 0 Å². The van der Waals surface area contributed by atoms with Crippen LogP contribution in [-0.2, 0) is 0 Å². The number of benzene rings is 2. The van der Waals surface area contributed by atoms with E-state index in [1.54, 1.807) is 37.4 Å². The van der Waals surface area contributed by atoms with Crippen LogP contribution in [0.3, 0.4) is 0 Å². The van der Waals surface area contributed by atoms with E-state index in [1.807, 2.05) is 32.0 Å². The predicted octanol–water partition coefficient (Wildman–Crippen LogP) is 4.79. The molecule has 0 bridgehead atoms. The fourth-order valence-electron chi connectivity index (χ4n) is 2.53. The number of carbonyl (C=O) groups is 1. The van der Waals surface area contributed by atoms with Gasteiger partial charge in [-0.2, -0.15) is 9.99 Å². The molecule has 0 fully saturated rings. The van der Waals surface area contributed by atoms with Crippen LogP contribution in [0, 0.1) is 13.8 Å². The first-order valence-corrected chi connectivity index (χ1v) is 8.83. The monoisotopic (exact) mass is 398 g/mol. The number of nitrogens with one attached hydrogen (secondary N) is 1. The first-order valence-electron chi connectivity index (χ1n) is 8.45. The lowest BCUT2D eigenvalue weighted by Gasteiger charge is -2.23. The van der Waals surface area contributed by atoms with Gasteiger partial charge in [0.15, 0.2) is 5.82 Å². The fourth-order valence-corrected chi connectivity index (χ4v) is 2.68. The highest BCUT2D eigenvalue weighted by Gasteiger charge is 2.22. The minimum absolute atomic E-state index is 0.0129. The number of anilines is 2. The molecule has 1 N–H and O–H groups in total. The molecule has 0 saturated heterocycles. The lowest BCUT2D eigenvalue weighted by Crippen LogP contribution is -2.39. The van der Waals surface area contributed by atoms with E-state index >= 15 is 0 Å². The average molecular weight is 399 g/mol. The Balaban J connectivity index is 1.92. The van der Waals surface area contributed by atoms with Gasteiger partial charge in [0.1, 0.15) is 11.5 Å². The average Bonchev–Trinajstić information content (AvgIpc) is 2.69. The second-order valence-electron chi connectivity index (χ2n) is 5.95. The van der Waals surface area contributed by atoms with Gasteiger partial charge in [-0.3, -0.25) is 5.43 Å². The lowest BCUT2D eigenvalue weighted by molar-refractivity contribution is 0.208. The van der Waals surface area contributed by atoms with E-state index in [9.17, 15) is 4.79 Å². The zero-order valence-electron chi connectivity index (χ0n) is 15.6. The molecule has 144 valence electrons. The summed E-state index contributed by atoms with van der Waals surface area (Å²) in [4.78, 5) is 20.9. The molecule has 3 rings (SSSR count). The predicted molar refractivity (Wildman–Crippen MR) is 108 cm³/mol. The van der Waals surface area contributed by atoms with Crippen molar-refractivity contribution < 1.29 is 14.3 Å². The van der Waals surface area contributed by atoms with Crippen molar-refractivity contribution >= 4 is 29.2 Å². The molecule has 0 saturated carbocycles. The topological polar surface area (TPSA) is 76.6 Å². The molecule has 0 radical (unpaired) electrons. The summed E-state index contributed by atoms with van der Waals surface area (Å²) in [7, 11) is 1.58. The molecule has 0 atom stereocenters. The number of amides is 1. The maximum atomic E-state index is 13.0. The van der Waals surface area contributed by atoms with Crippen molar-refractivity contribution in [3.63, 3.8) is 0 Å². The van der Waals surface area contributed by atoms with E-state index in [0.29, 0.717) is 17.2 Å². The van der Waals surface area contributed by atoms with Crippen LogP contribution in [0.4, 0.5) is 16.3 Å². The Hall–Kier alpha value is -3.32. The molecule has 7 nitrogen and oxygen atoms in total. The summed E-state index contributed by atoms with van der Waals surface area (Å²) >= 11 is 5.90. The van der Waals surface area contributed by atoms with Crippen LogP contribution in [0.2, 0.25) is 5.28 Å². The van der Waals surface area contributed by atoms with Crippen LogP contribution in [0.1, 0.15) is 11.1 Å². The number of halogens is 1. The summed E-state index contributed by atoms with van der Waals surface area (Å²) in [6.45, 7) is 3.75. The normalized spacial score (nSPS) is 10.3. The molecule has 3 aromatic rings. The quantitative estimate of drug-likeness (QED) is 0.492. The summed E-state index contributed by atoms with van der Waals surface area (Å²) in [5, 5.41) is 1.18. The number of carbonyl (C=O) groups excluding carboxylic acids is 1. The van der Waals surface area contributed by atoms with Crippen molar-refractivity contribution in [3.05, 3.63) is 71.1 Å². The first-order chi connectivity index (χ1) is 13.5. The Labute approximate surface area is 167 Å². The molecule has 2 aromatic carbocycles. The van der Waals surface area contributed by atoms with Gasteiger partial charge in [0.05, 0.1) is 12.8 Å². The number of hydrazine groups is 1. The number of nitrogens with zero attached hydrogens (tertiary/aromatic N) is 3. The summed E-state index contributed by atoms with van der Waals surface area (Å²) in [5.74, 6) is 1.43. The highest BCUT2D eigenvalue weighted by Crippen LogP contribution is 2.25. The minimum Gasteiger partial charge on any atom is -0.497 e. The van der Waals surface area contributed by atoms with Crippen LogP contribution in [-0.4, -0.2) is 23.2 Å². The number of rotatable bonds is 5. The maximum Gasteiger partial charge on any atom is 0.440 e. The number of methoxy groups -OCH3 is 1. The van der Waals surface area contributed by atoms with Crippen LogP contribution < -0.4 is 19.9 Å². The largest absolute Gasteiger partial charge is 0.497 e. The molecule has 28 heavy (non-hydrogen) atoms. The summed E-state index contributed by atoms with van der Waals surface area (Å²) < 4.78 is 10.8. The van der Waals surface area contributed by atoms with E-state index in [1.165, 1.54) is 11.2 Å². The molecule has 8 heteroatoms. The van der Waals surface area contributed by atoms with E-state index in [2.05, 4.69) is 15.4 Å². The minimum atomic E-state index is -0.664. The van der Waals surface area contributed by atoms with Crippen molar-refractivity contribution in [2.75, 3.05) is 17.5 Å². The van der Waals surface area contributed by atoms with Gasteiger partial charge < -0.3 is 9.47 Å². The molecule has 0 aliphatic rings. The number of hydrogen-bond acceptors (Lipinski definition) is 6. The highest BCUT2D eigenvalue weighted by atomic mass is 35.5. The third-order valence-electron chi connectivity index (χ3n) is 3.95. The van der Waals surface area contributed by atoms with Crippen LogP contribution in [0.15, 0.2) is 54.7 Å². The van der Waals surface area contributed by atoms with Crippen molar-refractivity contribution in [2.24, 2.45) is 0 Å². The van der Waals surface area contributed by atoms with Gasteiger partial charge in [0.2, 0.25) is 5.28 Å². The van der Waals surface area contributed by atoms with Crippen LogP contribution >= 0.6 is 11.6 Å². The Morgan fingerprint density at radius 1 is 1.07 bits per heavy atom. The standard InChI is InChI=1S/C20H19ClN4O3/c1-13-5-4-6-14(2)18(13)28-20(26)25(17-11-12-22-19(21)23-17)24-15-7-9-16(27-3)10-8-15/h4-12,24H,1-3H3. The summed E-state index contributed by atoms with van der Waals surface area (Å²) in [6.07, 6.45) is 0.794. The number of ether oxygens (including phenoxy) is 2. The first kappa shape index (κ1) is 19.4.